The average molecular weight is 275 g/mol. The van der Waals surface area contributed by atoms with Crippen molar-refractivity contribution >= 4 is 34.8 Å². The van der Waals surface area contributed by atoms with E-state index in [1.807, 2.05) is 13.8 Å². The maximum absolute atomic E-state index is 11.7. The van der Waals surface area contributed by atoms with Crippen molar-refractivity contribution in [2.75, 3.05) is 5.32 Å². The van der Waals surface area contributed by atoms with E-state index in [1.54, 1.807) is 25.1 Å². The summed E-state index contributed by atoms with van der Waals surface area (Å²) in [6.45, 7) is 5.60. The Bertz CT molecular complexity index is 407. The van der Waals surface area contributed by atoms with Gasteiger partial charge in [-0.1, -0.05) is 29.3 Å². The lowest BCUT2D eigenvalue weighted by Gasteiger charge is -2.18. The molecule has 0 radical (unpaired) electrons. The number of benzene rings is 1. The number of halogens is 2. The molecule has 1 aromatic rings. The van der Waals surface area contributed by atoms with Gasteiger partial charge in [0.15, 0.2) is 0 Å². The van der Waals surface area contributed by atoms with E-state index >= 15 is 0 Å². The average Bonchev–Trinajstić information content (AvgIpc) is 2.23. The zero-order valence-electron chi connectivity index (χ0n) is 10.1. The number of hydrogen-bond acceptors (Lipinski definition) is 2. The summed E-state index contributed by atoms with van der Waals surface area (Å²) in [5.74, 6) is -0.0731. The molecule has 0 fully saturated rings. The van der Waals surface area contributed by atoms with E-state index in [-0.39, 0.29) is 18.0 Å². The van der Waals surface area contributed by atoms with Crippen LogP contribution < -0.4 is 10.6 Å². The second kappa shape index (κ2) is 6.12. The Morgan fingerprint density at radius 2 is 1.88 bits per heavy atom. The molecule has 17 heavy (non-hydrogen) atoms. The predicted octanol–water partition coefficient (Wildman–Crippen LogP) is 3.32. The lowest BCUT2D eigenvalue weighted by molar-refractivity contribution is -0.122. The maximum Gasteiger partial charge on any atom is 0.242 e. The van der Waals surface area contributed by atoms with Crippen molar-refractivity contribution < 1.29 is 4.79 Å². The van der Waals surface area contributed by atoms with Crippen LogP contribution in [0, 0.1) is 0 Å². The summed E-state index contributed by atoms with van der Waals surface area (Å²) in [6, 6.07) is 5.01. The molecule has 1 atom stereocenters. The van der Waals surface area contributed by atoms with Crippen molar-refractivity contribution in [1.29, 1.82) is 0 Å². The molecule has 0 spiro atoms. The first-order valence-electron chi connectivity index (χ1n) is 5.42. The molecule has 94 valence electrons. The Morgan fingerprint density at radius 3 is 2.47 bits per heavy atom. The Labute approximate surface area is 111 Å². The molecule has 5 heteroatoms. The zero-order valence-corrected chi connectivity index (χ0v) is 11.6. The van der Waals surface area contributed by atoms with Gasteiger partial charge in [0.05, 0.1) is 15.7 Å². The van der Waals surface area contributed by atoms with Gasteiger partial charge in [-0.15, -0.1) is 0 Å². The van der Waals surface area contributed by atoms with E-state index < -0.39 is 0 Å². The Hall–Kier alpha value is -0.930. The summed E-state index contributed by atoms with van der Waals surface area (Å²) in [7, 11) is 0. The standard InChI is InChI=1S/C12H16Cl2N2O/c1-7(2)15-12(17)8(3)16-10-6-4-5-9(13)11(10)14/h4-8,16H,1-3H3,(H,15,17). The second-order valence-corrected chi connectivity index (χ2v) is 4.92. The molecule has 1 unspecified atom stereocenters. The highest BCUT2D eigenvalue weighted by Gasteiger charge is 2.15. The van der Waals surface area contributed by atoms with Gasteiger partial charge in [0.2, 0.25) is 5.91 Å². The van der Waals surface area contributed by atoms with Crippen LogP contribution in [0.1, 0.15) is 20.8 Å². The van der Waals surface area contributed by atoms with E-state index in [0.29, 0.717) is 15.7 Å². The maximum atomic E-state index is 11.7. The van der Waals surface area contributed by atoms with Crippen molar-refractivity contribution in [1.82, 2.24) is 5.32 Å². The number of hydrogen-bond donors (Lipinski definition) is 2. The van der Waals surface area contributed by atoms with Gasteiger partial charge in [-0.25, -0.2) is 0 Å². The number of nitrogens with one attached hydrogen (secondary N) is 2. The van der Waals surface area contributed by atoms with Gasteiger partial charge >= 0.3 is 0 Å². The summed E-state index contributed by atoms with van der Waals surface area (Å²) in [5.41, 5.74) is 0.658. The number of carbonyl (C=O) groups excluding carboxylic acids is 1. The Kier molecular flexibility index (Phi) is 5.09. The van der Waals surface area contributed by atoms with Crippen molar-refractivity contribution in [3.63, 3.8) is 0 Å². The van der Waals surface area contributed by atoms with Crippen LogP contribution in [0.2, 0.25) is 10.0 Å². The summed E-state index contributed by atoms with van der Waals surface area (Å²) in [4.78, 5) is 11.7. The van der Waals surface area contributed by atoms with Gasteiger partial charge in [-0.2, -0.15) is 0 Å². The minimum atomic E-state index is -0.367. The summed E-state index contributed by atoms with van der Waals surface area (Å²) >= 11 is 11.9. The third kappa shape index (κ3) is 4.10. The number of carbonyl (C=O) groups is 1. The van der Waals surface area contributed by atoms with E-state index in [1.165, 1.54) is 0 Å². The zero-order chi connectivity index (χ0) is 13.0. The highest BCUT2D eigenvalue weighted by molar-refractivity contribution is 6.43. The quantitative estimate of drug-likeness (QED) is 0.885. The molecule has 3 nitrogen and oxygen atoms in total. The van der Waals surface area contributed by atoms with Crippen molar-refractivity contribution in [2.24, 2.45) is 0 Å². The van der Waals surface area contributed by atoms with Gasteiger partial charge in [0, 0.05) is 6.04 Å². The van der Waals surface area contributed by atoms with E-state index in [4.69, 9.17) is 23.2 Å². The van der Waals surface area contributed by atoms with Gasteiger partial charge < -0.3 is 10.6 Å². The normalized spacial score (nSPS) is 12.4. The molecule has 0 aliphatic rings. The molecule has 0 saturated carbocycles. The fraction of sp³-hybridized carbons (Fsp3) is 0.417. The molecular formula is C12H16Cl2N2O. The van der Waals surface area contributed by atoms with Crippen LogP contribution in [0.25, 0.3) is 0 Å². The first kappa shape index (κ1) is 14.1. The lowest BCUT2D eigenvalue weighted by Crippen LogP contribution is -2.41. The molecule has 0 heterocycles. The monoisotopic (exact) mass is 274 g/mol. The number of amides is 1. The highest BCUT2D eigenvalue weighted by atomic mass is 35.5. The van der Waals surface area contributed by atoms with Gasteiger partial charge in [-0.3, -0.25) is 4.79 Å². The third-order valence-electron chi connectivity index (χ3n) is 2.15. The van der Waals surface area contributed by atoms with Crippen LogP contribution in [0.3, 0.4) is 0 Å². The van der Waals surface area contributed by atoms with Crippen molar-refractivity contribution in [3.8, 4) is 0 Å². The molecule has 0 aliphatic heterocycles. The topological polar surface area (TPSA) is 41.1 Å². The fourth-order valence-corrected chi connectivity index (χ4v) is 1.68. The molecule has 1 aromatic carbocycles. The summed E-state index contributed by atoms with van der Waals surface area (Å²) < 4.78 is 0. The molecule has 2 N–H and O–H groups in total. The molecule has 0 bridgehead atoms. The fourth-order valence-electron chi connectivity index (χ4n) is 1.32. The van der Waals surface area contributed by atoms with Crippen LogP contribution in [0.15, 0.2) is 18.2 Å². The van der Waals surface area contributed by atoms with Gasteiger partial charge in [0.25, 0.3) is 0 Å². The summed E-state index contributed by atoms with van der Waals surface area (Å²) in [6.07, 6.45) is 0. The van der Waals surface area contributed by atoms with Crippen molar-refractivity contribution in [3.05, 3.63) is 28.2 Å². The van der Waals surface area contributed by atoms with Crippen molar-refractivity contribution in [2.45, 2.75) is 32.9 Å². The minimum absolute atomic E-state index is 0.0731. The number of anilines is 1. The molecule has 0 aliphatic carbocycles. The Balaban J connectivity index is 2.71. The second-order valence-electron chi connectivity index (χ2n) is 4.13. The highest BCUT2D eigenvalue weighted by Crippen LogP contribution is 2.29. The van der Waals surface area contributed by atoms with E-state index in [0.717, 1.165) is 0 Å². The first-order valence-corrected chi connectivity index (χ1v) is 6.18. The molecule has 0 saturated heterocycles. The number of rotatable bonds is 4. The minimum Gasteiger partial charge on any atom is -0.373 e. The smallest absolute Gasteiger partial charge is 0.242 e. The van der Waals surface area contributed by atoms with Gasteiger partial charge in [0.1, 0.15) is 6.04 Å². The Morgan fingerprint density at radius 1 is 1.24 bits per heavy atom. The van der Waals surface area contributed by atoms with Crippen LogP contribution in [0.4, 0.5) is 5.69 Å². The largest absolute Gasteiger partial charge is 0.373 e. The van der Waals surface area contributed by atoms with Crippen LogP contribution in [0.5, 0.6) is 0 Å². The SMILES string of the molecule is CC(C)NC(=O)C(C)Nc1cccc(Cl)c1Cl. The molecular weight excluding hydrogens is 259 g/mol. The van der Waals surface area contributed by atoms with E-state index in [9.17, 15) is 4.79 Å². The molecule has 1 rings (SSSR count). The molecule has 0 aromatic heterocycles. The first-order chi connectivity index (χ1) is 7.91. The van der Waals surface area contributed by atoms with Gasteiger partial charge in [-0.05, 0) is 32.9 Å². The lowest BCUT2D eigenvalue weighted by atomic mass is 10.2. The van der Waals surface area contributed by atoms with Crippen LogP contribution >= 0.6 is 23.2 Å². The van der Waals surface area contributed by atoms with Crippen LogP contribution in [-0.2, 0) is 4.79 Å². The van der Waals surface area contributed by atoms with Crippen LogP contribution in [-0.4, -0.2) is 18.0 Å². The summed E-state index contributed by atoms with van der Waals surface area (Å²) in [5, 5.41) is 6.74. The molecule has 1 amide bonds. The van der Waals surface area contributed by atoms with E-state index in [2.05, 4.69) is 10.6 Å². The predicted molar refractivity (Wildman–Crippen MR) is 72.8 cm³/mol. The third-order valence-corrected chi connectivity index (χ3v) is 2.97.